The third-order valence-corrected chi connectivity index (χ3v) is 5.76. The maximum atomic E-state index is 13.1. The summed E-state index contributed by atoms with van der Waals surface area (Å²) in [5.41, 5.74) is 6.57. The Balaban J connectivity index is 1.59. The summed E-state index contributed by atoms with van der Waals surface area (Å²) in [6.07, 6.45) is -3.00. The molecule has 2 amide bonds. The van der Waals surface area contributed by atoms with Gasteiger partial charge >= 0.3 is 0 Å². The molecule has 4 atom stereocenters. The van der Waals surface area contributed by atoms with Crippen molar-refractivity contribution in [3.05, 3.63) is 42.0 Å². The van der Waals surface area contributed by atoms with Gasteiger partial charge < -0.3 is 35.6 Å². The highest BCUT2D eigenvalue weighted by molar-refractivity contribution is 5.94. The highest BCUT2D eigenvalue weighted by Crippen LogP contribution is 2.32. The number of amides is 2. The van der Waals surface area contributed by atoms with E-state index >= 15 is 0 Å². The zero-order valence-corrected chi connectivity index (χ0v) is 20.4. The number of pyridine rings is 1. The van der Waals surface area contributed by atoms with Crippen LogP contribution in [0.25, 0.3) is 11.2 Å². The molecule has 0 bridgehead atoms. The molecule has 1 saturated heterocycles. The van der Waals surface area contributed by atoms with Gasteiger partial charge in [0.2, 0.25) is 11.8 Å². The number of fused-ring (bicyclic) bond motifs is 1. The van der Waals surface area contributed by atoms with E-state index in [9.17, 15) is 24.2 Å². The third-order valence-electron chi connectivity index (χ3n) is 5.76. The van der Waals surface area contributed by atoms with Crippen LogP contribution in [0.3, 0.4) is 0 Å². The molecule has 0 saturated carbocycles. The Morgan fingerprint density at radius 2 is 2.08 bits per heavy atom. The van der Waals surface area contributed by atoms with Crippen LogP contribution in [0.15, 0.2) is 24.7 Å². The number of anilines is 1. The van der Waals surface area contributed by atoms with Crippen molar-refractivity contribution < 1.29 is 33.7 Å². The molecule has 14 nitrogen and oxygen atoms in total. The first-order valence-corrected chi connectivity index (χ1v) is 11.4. The molecule has 4 rings (SSSR count). The molecule has 1 aliphatic heterocycles. The molecule has 0 aliphatic carbocycles. The van der Waals surface area contributed by atoms with E-state index in [2.05, 4.69) is 37.1 Å². The monoisotopic (exact) mass is 528 g/mol. The first-order chi connectivity index (χ1) is 18.2. The number of hydrogen-bond acceptors (Lipinski definition) is 11. The number of halogens is 1. The first-order valence-electron chi connectivity index (χ1n) is 11.4. The number of aromatic nitrogens is 5. The largest absolute Gasteiger partial charge is 0.387 e. The van der Waals surface area contributed by atoms with Crippen molar-refractivity contribution in [3.63, 3.8) is 0 Å². The fraction of sp³-hybridized carbons (Fsp3) is 0.391. The summed E-state index contributed by atoms with van der Waals surface area (Å²) in [6.45, 7) is 0.412. The smallest absolute Gasteiger partial charge is 0.256 e. The molecule has 1 unspecified atom stereocenters. The number of rotatable bonds is 7. The quantitative estimate of drug-likeness (QED) is 0.205. The molecule has 1 fully saturated rings. The lowest BCUT2D eigenvalue weighted by Gasteiger charge is -2.19. The lowest BCUT2D eigenvalue weighted by atomic mass is 10.1. The summed E-state index contributed by atoms with van der Waals surface area (Å²) in [4.78, 5) is 42.3. The average Bonchev–Trinajstić information content (AvgIpc) is 3.46. The van der Waals surface area contributed by atoms with Crippen LogP contribution in [-0.4, -0.2) is 104 Å². The Morgan fingerprint density at radius 1 is 1.29 bits per heavy atom. The van der Waals surface area contributed by atoms with Crippen LogP contribution in [0, 0.1) is 17.8 Å². The van der Waals surface area contributed by atoms with Gasteiger partial charge in [0, 0.05) is 26.9 Å². The van der Waals surface area contributed by atoms with Crippen molar-refractivity contribution in [2.45, 2.75) is 24.5 Å². The molecule has 5 N–H and O–H groups in total. The number of carbonyl (C=O) groups excluding carboxylic acids is 2. The van der Waals surface area contributed by atoms with E-state index in [1.807, 2.05) is 0 Å². The van der Waals surface area contributed by atoms with Crippen LogP contribution in [0.1, 0.15) is 22.4 Å². The number of aliphatic hydroxyl groups is 2. The molecule has 0 radical (unpaired) electrons. The van der Waals surface area contributed by atoms with E-state index in [4.69, 9.17) is 15.2 Å². The lowest BCUT2D eigenvalue weighted by Crippen LogP contribution is -2.41. The van der Waals surface area contributed by atoms with E-state index in [1.165, 1.54) is 36.0 Å². The van der Waals surface area contributed by atoms with E-state index in [0.717, 1.165) is 12.3 Å². The van der Waals surface area contributed by atoms with Crippen LogP contribution < -0.4 is 11.1 Å². The molecular weight excluding hydrogens is 503 g/mol. The number of nitrogens with one attached hydrogen (secondary N) is 1. The van der Waals surface area contributed by atoms with Crippen molar-refractivity contribution in [2.75, 3.05) is 39.6 Å². The second-order valence-corrected chi connectivity index (χ2v) is 8.19. The number of nitrogens with two attached hydrogens (primary N) is 1. The number of nitrogen functional groups attached to an aromatic ring is 1. The van der Waals surface area contributed by atoms with Crippen LogP contribution in [0.5, 0.6) is 0 Å². The number of aliphatic hydroxyl groups excluding tert-OH is 2. The molecular formula is C23H25FN8O6. The summed E-state index contributed by atoms with van der Waals surface area (Å²) in [7, 11) is 2.87. The van der Waals surface area contributed by atoms with Crippen LogP contribution in [0.4, 0.5) is 10.2 Å². The standard InChI is InChI=1S/C23H25FN8O6/c1-26-21(35)18-16(33)17(34)23(38-18)32-11-28-15-19(25)29-14(30-20(15)32)4-3-7-31(8-9-37-2)22(36)12-5-6-13(24)27-10-12/h5-6,10-11,16-18,23,33-34H,7-9H2,1-2H3,(H,26,35)(H2,25,29,30)/t16-,17?,18-,23+/m0/s1. The minimum atomic E-state index is -1.48. The molecule has 4 heterocycles. The zero-order valence-electron chi connectivity index (χ0n) is 20.4. The van der Waals surface area contributed by atoms with Gasteiger partial charge in [-0.05, 0) is 18.1 Å². The molecule has 0 aromatic carbocycles. The Bertz CT molecular complexity index is 1390. The predicted octanol–water partition coefficient (Wildman–Crippen LogP) is -1.55. The number of carbonyl (C=O) groups is 2. The maximum Gasteiger partial charge on any atom is 0.256 e. The molecule has 200 valence electrons. The summed E-state index contributed by atoms with van der Waals surface area (Å²) in [6, 6.07) is 2.41. The van der Waals surface area contributed by atoms with E-state index in [0.29, 0.717) is 0 Å². The van der Waals surface area contributed by atoms with Crippen molar-refractivity contribution >= 4 is 28.8 Å². The van der Waals surface area contributed by atoms with Crippen LogP contribution in [-0.2, 0) is 14.3 Å². The Morgan fingerprint density at radius 3 is 2.76 bits per heavy atom. The SMILES string of the molecule is CNC(=O)[C@H]1O[C@@H](n2cnc3c(N)nc(C#CCN(CCOC)C(=O)c4ccc(F)nc4)nc32)C(O)[C@@H]1O. The van der Waals surface area contributed by atoms with Crippen molar-refractivity contribution in [1.29, 1.82) is 0 Å². The van der Waals surface area contributed by atoms with E-state index < -0.39 is 42.3 Å². The number of imidazole rings is 1. The minimum absolute atomic E-state index is 0.00126. The first kappa shape index (κ1) is 26.8. The molecule has 0 spiro atoms. The maximum absolute atomic E-state index is 13.1. The summed E-state index contributed by atoms with van der Waals surface area (Å²) in [5, 5.41) is 23.1. The molecule has 38 heavy (non-hydrogen) atoms. The lowest BCUT2D eigenvalue weighted by molar-refractivity contribution is -0.137. The van der Waals surface area contributed by atoms with Gasteiger partial charge in [-0.2, -0.15) is 4.39 Å². The number of ether oxygens (including phenoxy) is 2. The Hall–Kier alpha value is -4.23. The highest BCUT2D eigenvalue weighted by atomic mass is 19.1. The number of methoxy groups -OCH3 is 1. The molecule has 1 aliphatic rings. The Labute approximate surface area is 215 Å². The number of nitrogens with zero attached hydrogens (tertiary/aromatic N) is 6. The van der Waals surface area contributed by atoms with Gasteiger partial charge in [-0.15, -0.1) is 0 Å². The number of hydrogen-bond donors (Lipinski definition) is 4. The fourth-order valence-corrected chi connectivity index (χ4v) is 3.78. The van der Waals surface area contributed by atoms with Crippen LogP contribution in [0.2, 0.25) is 0 Å². The highest BCUT2D eigenvalue weighted by Gasteiger charge is 2.47. The van der Waals surface area contributed by atoms with Crippen molar-refractivity contribution in [1.82, 2.24) is 34.7 Å². The minimum Gasteiger partial charge on any atom is -0.387 e. The number of likely N-dealkylation sites (N-methyl/N-ethyl adjacent to an activating group) is 1. The van der Waals surface area contributed by atoms with Gasteiger partial charge in [0.15, 0.2) is 23.8 Å². The van der Waals surface area contributed by atoms with Gasteiger partial charge in [0.05, 0.1) is 25.0 Å². The van der Waals surface area contributed by atoms with Gasteiger partial charge in [0.1, 0.15) is 17.7 Å². The topological polar surface area (TPSA) is 191 Å². The second-order valence-electron chi connectivity index (χ2n) is 8.19. The van der Waals surface area contributed by atoms with Gasteiger partial charge in [-0.1, -0.05) is 5.92 Å². The third kappa shape index (κ3) is 5.38. The van der Waals surface area contributed by atoms with Gasteiger partial charge in [0.25, 0.3) is 11.8 Å². The van der Waals surface area contributed by atoms with Crippen molar-refractivity contribution in [2.24, 2.45) is 0 Å². The normalized spacial score (nSPS) is 20.7. The zero-order chi connectivity index (χ0) is 27.4. The van der Waals surface area contributed by atoms with Gasteiger partial charge in [-0.3, -0.25) is 14.2 Å². The Kier molecular flexibility index (Phi) is 8.08. The van der Waals surface area contributed by atoms with E-state index in [-0.39, 0.29) is 48.1 Å². The summed E-state index contributed by atoms with van der Waals surface area (Å²) in [5.74, 6) is 3.82. The predicted molar refractivity (Wildman–Crippen MR) is 129 cm³/mol. The van der Waals surface area contributed by atoms with Gasteiger partial charge in [-0.25, -0.2) is 19.9 Å². The second kappa shape index (κ2) is 11.4. The van der Waals surface area contributed by atoms with E-state index in [1.54, 1.807) is 0 Å². The average molecular weight is 529 g/mol. The van der Waals surface area contributed by atoms with Crippen LogP contribution >= 0.6 is 0 Å². The molecule has 3 aromatic rings. The fourth-order valence-electron chi connectivity index (χ4n) is 3.78. The summed E-state index contributed by atoms with van der Waals surface area (Å²) >= 11 is 0. The molecule has 3 aromatic heterocycles. The molecule has 15 heteroatoms. The summed E-state index contributed by atoms with van der Waals surface area (Å²) < 4.78 is 25.1. The van der Waals surface area contributed by atoms with Crippen molar-refractivity contribution in [3.8, 4) is 11.8 Å².